The molecule has 2 nitrogen and oxygen atoms in total. The Hall–Kier alpha value is -1.44. The Labute approximate surface area is 117 Å². The molecule has 1 aromatic carbocycles. The van der Waals surface area contributed by atoms with E-state index in [9.17, 15) is 0 Å². The van der Waals surface area contributed by atoms with Crippen LogP contribution in [0.25, 0.3) is 0 Å². The summed E-state index contributed by atoms with van der Waals surface area (Å²) in [5.74, 6) is 2.18. The fourth-order valence-corrected chi connectivity index (χ4v) is 2.30. The summed E-state index contributed by atoms with van der Waals surface area (Å²) < 4.78 is 10.7. The lowest BCUT2D eigenvalue weighted by molar-refractivity contribution is 0.354. The molecule has 19 heavy (non-hydrogen) atoms. The van der Waals surface area contributed by atoms with Crippen LogP contribution < -0.4 is 9.47 Å². The van der Waals surface area contributed by atoms with Crippen LogP contribution in [0.2, 0.25) is 0 Å². The van der Waals surface area contributed by atoms with Crippen LogP contribution in [-0.4, -0.2) is 14.2 Å². The molecule has 1 unspecified atom stereocenters. The molecule has 0 saturated carbocycles. The van der Waals surface area contributed by atoms with E-state index in [4.69, 9.17) is 9.47 Å². The van der Waals surface area contributed by atoms with Crippen LogP contribution in [0.3, 0.4) is 0 Å². The second-order valence-corrected chi connectivity index (χ2v) is 4.72. The predicted molar refractivity (Wildman–Crippen MR) is 81.2 cm³/mol. The topological polar surface area (TPSA) is 18.5 Å². The van der Waals surface area contributed by atoms with Gasteiger partial charge in [0.1, 0.15) is 0 Å². The molecule has 0 amide bonds. The molecule has 0 aromatic heterocycles. The standard InChI is InChI=1S/C17H26O2/c1-5-7-8-10-14(9-6-2)15-11-12-16(18-3)17(13-15)19-4/h7-8,11-14H,5-6,9-10H2,1-4H3/b8-7-. The van der Waals surface area contributed by atoms with E-state index in [-0.39, 0.29) is 0 Å². The van der Waals surface area contributed by atoms with E-state index in [1.807, 2.05) is 6.07 Å². The molecule has 0 aliphatic rings. The molecular weight excluding hydrogens is 236 g/mol. The quantitative estimate of drug-likeness (QED) is 0.617. The molecule has 0 spiro atoms. The van der Waals surface area contributed by atoms with E-state index in [1.54, 1.807) is 14.2 Å². The smallest absolute Gasteiger partial charge is 0.160 e. The highest BCUT2D eigenvalue weighted by atomic mass is 16.5. The summed E-state index contributed by atoms with van der Waals surface area (Å²) in [5.41, 5.74) is 1.33. The van der Waals surface area contributed by atoms with Gasteiger partial charge < -0.3 is 9.47 Å². The monoisotopic (exact) mass is 262 g/mol. The summed E-state index contributed by atoms with van der Waals surface area (Å²) in [6.07, 6.45) is 9.12. The van der Waals surface area contributed by atoms with Crippen molar-refractivity contribution in [3.63, 3.8) is 0 Å². The van der Waals surface area contributed by atoms with E-state index in [0.717, 1.165) is 24.3 Å². The zero-order valence-electron chi connectivity index (χ0n) is 12.6. The van der Waals surface area contributed by atoms with Crippen LogP contribution in [0.1, 0.15) is 51.0 Å². The summed E-state index contributed by atoms with van der Waals surface area (Å²) in [5, 5.41) is 0. The Bertz CT molecular complexity index is 396. The molecule has 0 aliphatic heterocycles. The van der Waals surface area contributed by atoms with Crippen molar-refractivity contribution in [3.8, 4) is 11.5 Å². The van der Waals surface area contributed by atoms with E-state index in [1.165, 1.54) is 18.4 Å². The molecule has 0 fully saturated rings. The van der Waals surface area contributed by atoms with Crippen molar-refractivity contribution in [2.75, 3.05) is 14.2 Å². The first-order valence-electron chi connectivity index (χ1n) is 7.13. The van der Waals surface area contributed by atoms with Gasteiger partial charge in [0.15, 0.2) is 11.5 Å². The highest BCUT2D eigenvalue weighted by molar-refractivity contribution is 5.44. The molecule has 1 atom stereocenters. The van der Waals surface area contributed by atoms with E-state index < -0.39 is 0 Å². The maximum absolute atomic E-state index is 5.39. The third-order valence-corrected chi connectivity index (χ3v) is 3.34. The molecular formula is C17H26O2. The fraction of sp³-hybridized carbons (Fsp3) is 0.529. The summed E-state index contributed by atoms with van der Waals surface area (Å²) in [6.45, 7) is 4.40. The number of allylic oxidation sites excluding steroid dienone is 2. The Morgan fingerprint density at radius 3 is 2.37 bits per heavy atom. The molecule has 2 heteroatoms. The number of methoxy groups -OCH3 is 2. The minimum absolute atomic E-state index is 0.563. The Morgan fingerprint density at radius 2 is 1.79 bits per heavy atom. The lowest BCUT2D eigenvalue weighted by Crippen LogP contribution is -1.99. The van der Waals surface area contributed by atoms with Crippen LogP contribution in [-0.2, 0) is 0 Å². The number of rotatable bonds is 8. The number of benzene rings is 1. The van der Waals surface area contributed by atoms with Crippen molar-refractivity contribution >= 4 is 0 Å². The molecule has 0 N–H and O–H groups in total. The van der Waals surface area contributed by atoms with Gasteiger partial charge in [-0.3, -0.25) is 0 Å². The van der Waals surface area contributed by atoms with E-state index >= 15 is 0 Å². The molecule has 1 rings (SSSR count). The third kappa shape index (κ3) is 4.62. The van der Waals surface area contributed by atoms with Gasteiger partial charge in [-0.1, -0.05) is 38.5 Å². The average molecular weight is 262 g/mol. The number of ether oxygens (including phenoxy) is 2. The maximum Gasteiger partial charge on any atom is 0.160 e. The average Bonchev–Trinajstić information content (AvgIpc) is 2.45. The van der Waals surface area contributed by atoms with Crippen molar-refractivity contribution in [1.29, 1.82) is 0 Å². The summed E-state index contributed by atoms with van der Waals surface area (Å²) in [4.78, 5) is 0. The number of hydrogen-bond acceptors (Lipinski definition) is 2. The second kappa shape index (κ2) is 8.63. The zero-order valence-corrected chi connectivity index (χ0v) is 12.6. The van der Waals surface area contributed by atoms with Crippen molar-refractivity contribution in [1.82, 2.24) is 0 Å². The SMILES string of the molecule is CC/C=C\CC(CCC)c1ccc(OC)c(OC)c1. The largest absolute Gasteiger partial charge is 0.493 e. The van der Waals surface area contributed by atoms with E-state index in [0.29, 0.717) is 5.92 Å². The third-order valence-electron chi connectivity index (χ3n) is 3.34. The molecule has 0 radical (unpaired) electrons. The molecule has 0 saturated heterocycles. The van der Waals surface area contributed by atoms with Gasteiger partial charge >= 0.3 is 0 Å². The molecule has 0 aliphatic carbocycles. The van der Waals surface area contributed by atoms with Gasteiger partial charge in [0.2, 0.25) is 0 Å². The highest BCUT2D eigenvalue weighted by Gasteiger charge is 2.12. The first-order valence-corrected chi connectivity index (χ1v) is 7.13. The summed E-state index contributed by atoms with van der Waals surface area (Å²) >= 11 is 0. The van der Waals surface area contributed by atoms with Crippen LogP contribution >= 0.6 is 0 Å². The van der Waals surface area contributed by atoms with Gasteiger partial charge in [-0.05, 0) is 42.9 Å². The van der Waals surface area contributed by atoms with Crippen LogP contribution in [0.4, 0.5) is 0 Å². The first kappa shape index (κ1) is 15.6. The van der Waals surface area contributed by atoms with Crippen molar-refractivity contribution in [3.05, 3.63) is 35.9 Å². The predicted octanol–water partition coefficient (Wildman–Crippen LogP) is 4.94. The second-order valence-electron chi connectivity index (χ2n) is 4.72. The minimum Gasteiger partial charge on any atom is -0.493 e. The van der Waals surface area contributed by atoms with Crippen LogP contribution in [0.15, 0.2) is 30.4 Å². The normalized spacial score (nSPS) is 12.6. The maximum atomic E-state index is 5.39. The van der Waals surface area contributed by atoms with Crippen molar-refractivity contribution in [2.24, 2.45) is 0 Å². The van der Waals surface area contributed by atoms with Gasteiger partial charge in [0.25, 0.3) is 0 Å². The lowest BCUT2D eigenvalue weighted by Gasteiger charge is -2.17. The van der Waals surface area contributed by atoms with Gasteiger partial charge in [0.05, 0.1) is 14.2 Å². The summed E-state index contributed by atoms with van der Waals surface area (Å²) in [7, 11) is 3.36. The van der Waals surface area contributed by atoms with Crippen molar-refractivity contribution in [2.45, 2.75) is 45.4 Å². The molecule has 1 aromatic rings. The zero-order chi connectivity index (χ0) is 14.1. The van der Waals surface area contributed by atoms with Crippen LogP contribution in [0, 0.1) is 0 Å². The summed E-state index contributed by atoms with van der Waals surface area (Å²) in [6, 6.07) is 6.26. The molecule has 0 bridgehead atoms. The van der Waals surface area contributed by atoms with Gasteiger partial charge in [0, 0.05) is 0 Å². The fourth-order valence-electron chi connectivity index (χ4n) is 2.30. The van der Waals surface area contributed by atoms with Gasteiger partial charge in [-0.25, -0.2) is 0 Å². The number of hydrogen-bond donors (Lipinski definition) is 0. The Kier molecular flexibility index (Phi) is 7.09. The van der Waals surface area contributed by atoms with Crippen molar-refractivity contribution < 1.29 is 9.47 Å². The minimum atomic E-state index is 0.563. The first-order chi connectivity index (χ1) is 9.26. The van der Waals surface area contributed by atoms with Gasteiger partial charge in [-0.2, -0.15) is 0 Å². The van der Waals surface area contributed by atoms with E-state index in [2.05, 4.69) is 38.1 Å². The molecule has 106 valence electrons. The highest BCUT2D eigenvalue weighted by Crippen LogP contribution is 2.33. The van der Waals surface area contributed by atoms with Gasteiger partial charge in [-0.15, -0.1) is 0 Å². The Morgan fingerprint density at radius 1 is 1.05 bits per heavy atom. The lowest BCUT2D eigenvalue weighted by atomic mass is 9.91. The molecule has 0 heterocycles. The van der Waals surface area contributed by atoms with Crippen LogP contribution in [0.5, 0.6) is 11.5 Å². The Balaban J connectivity index is 2.91.